The van der Waals surface area contributed by atoms with Gasteiger partial charge in [-0.3, -0.25) is 0 Å². The molecule has 14 aromatic carbocycles. The van der Waals surface area contributed by atoms with Crippen LogP contribution in [0.25, 0.3) is 82.1 Å². The van der Waals surface area contributed by atoms with Crippen LogP contribution in [-0.2, 0) is 0 Å². The lowest BCUT2D eigenvalue weighted by Gasteiger charge is -2.34. The Kier molecular flexibility index (Phi) is 14.3. The first kappa shape index (κ1) is 55.8. The van der Waals surface area contributed by atoms with Crippen molar-refractivity contribution in [3.8, 4) is 39.7 Å². The predicted octanol–water partition coefficient (Wildman–Crippen LogP) is 20.0. The van der Waals surface area contributed by atoms with E-state index < -0.39 is 8.07 Å². The van der Waals surface area contributed by atoms with Gasteiger partial charge in [-0.25, -0.2) is 4.85 Å². The van der Waals surface area contributed by atoms with Crippen LogP contribution in [0.15, 0.2) is 352 Å². The van der Waals surface area contributed by atoms with Crippen LogP contribution in [0.4, 0.5) is 39.8 Å². The fraction of sp³-hybridized carbons (Fsp3) is 0. The molecule has 7 heteroatoms. The predicted molar refractivity (Wildman–Crippen MR) is 390 cm³/mol. The van der Waals surface area contributed by atoms with Crippen molar-refractivity contribution in [2.24, 2.45) is 0 Å². The second-order valence-electron chi connectivity index (χ2n) is 23.5. The van der Waals surface area contributed by atoms with E-state index in [-0.39, 0.29) is 0 Å². The van der Waals surface area contributed by atoms with Crippen molar-refractivity contribution < 1.29 is 0 Å². The molecular weight excluding hydrogens is 1150 g/mol. The van der Waals surface area contributed by atoms with E-state index in [1.165, 1.54) is 36.9 Å². The van der Waals surface area contributed by atoms with Crippen molar-refractivity contribution >= 4 is 112 Å². The molecule has 0 saturated heterocycles. The number of nitrogens with zero attached hydrogens (tertiary/aromatic N) is 6. The van der Waals surface area contributed by atoms with Crippen molar-refractivity contribution in [2.45, 2.75) is 0 Å². The number of hydrogen-bond acceptors (Lipinski definition) is 3. The fourth-order valence-electron chi connectivity index (χ4n) is 14.0. The number of para-hydroxylation sites is 4. The molecule has 0 unspecified atom stereocenters. The molecule has 0 aliphatic rings. The maximum absolute atomic E-state index is 9.81. The zero-order valence-corrected chi connectivity index (χ0v) is 51.7. The van der Waals surface area contributed by atoms with Gasteiger partial charge in [-0.2, -0.15) is 5.26 Å². The Morgan fingerprint density at radius 3 is 0.968 bits per heavy atom. The molecule has 0 aliphatic heterocycles. The van der Waals surface area contributed by atoms with E-state index in [1.807, 2.05) is 48.5 Å². The van der Waals surface area contributed by atoms with Crippen molar-refractivity contribution in [3.63, 3.8) is 0 Å². The van der Waals surface area contributed by atoms with E-state index >= 15 is 0 Å². The van der Waals surface area contributed by atoms with E-state index in [9.17, 15) is 5.26 Å². The quantitative estimate of drug-likeness (QED) is 0.0619. The van der Waals surface area contributed by atoms with Gasteiger partial charge in [0.2, 0.25) is 0 Å². The van der Waals surface area contributed by atoms with Gasteiger partial charge in [-0.15, -0.1) is 0 Å². The summed E-state index contributed by atoms with van der Waals surface area (Å²) >= 11 is 0. The summed E-state index contributed by atoms with van der Waals surface area (Å²) in [6, 6.07) is 129. The highest BCUT2D eigenvalue weighted by Crippen LogP contribution is 2.43. The minimum absolute atomic E-state index is 0.602. The Balaban J connectivity index is 0.737. The summed E-state index contributed by atoms with van der Waals surface area (Å²) in [6.07, 6.45) is 0. The molecule has 0 amide bonds. The molecule has 0 atom stereocenters. The first-order chi connectivity index (χ1) is 46.0. The number of fused-ring (bicyclic) bond motifs is 6. The Hall–Kier alpha value is -12.5. The number of benzene rings is 14. The molecule has 93 heavy (non-hydrogen) atoms. The van der Waals surface area contributed by atoms with Crippen LogP contribution in [0.5, 0.6) is 0 Å². The minimum atomic E-state index is -2.92. The number of anilines is 6. The second kappa shape index (κ2) is 23.8. The molecule has 6 nitrogen and oxygen atoms in total. The highest BCUT2D eigenvalue weighted by Gasteiger charge is 2.41. The number of aromatic nitrogens is 2. The second-order valence-corrected chi connectivity index (χ2v) is 27.3. The van der Waals surface area contributed by atoms with Crippen LogP contribution in [0.1, 0.15) is 5.56 Å². The molecule has 0 bridgehead atoms. The van der Waals surface area contributed by atoms with E-state index in [2.05, 4.69) is 333 Å². The van der Waals surface area contributed by atoms with Crippen LogP contribution >= 0.6 is 0 Å². The first-order valence-corrected chi connectivity index (χ1v) is 33.3. The van der Waals surface area contributed by atoms with E-state index in [0.717, 1.165) is 95.2 Å². The van der Waals surface area contributed by atoms with Crippen molar-refractivity contribution in [1.29, 1.82) is 5.26 Å². The molecule has 16 rings (SSSR count). The monoisotopic (exact) mass is 1200 g/mol. The van der Waals surface area contributed by atoms with Gasteiger partial charge in [0.1, 0.15) is 0 Å². The molecule has 436 valence electrons. The maximum atomic E-state index is 9.81. The van der Waals surface area contributed by atoms with Crippen LogP contribution < -0.4 is 30.5 Å². The lowest BCUT2D eigenvalue weighted by atomic mass is 10.0. The summed E-state index contributed by atoms with van der Waals surface area (Å²) in [7, 11) is -2.92. The summed E-state index contributed by atoms with van der Waals surface area (Å²) < 4.78 is 4.69. The van der Waals surface area contributed by atoms with Crippen molar-refractivity contribution in [3.05, 3.63) is 369 Å². The van der Waals surface area contributed by atoms with E-state index in [4.69, 9.17) is 6.57 Å². The average molecular weight is 1200 g/mol. The number of nitriles is 1. The van der Waals surface area contributed by atoms with Gasteiger partial charge in [0.05, 0.1) is 40.3 Å². The molecule has 0 radical (unpaired) electrons. The third-order valence-electron chi connectivity index (χ3n) is 18.3. The molecular formula is C86H58N6Si. The smallest absolute Gasteiger partial charge is 0.187 e. The lowest BCUT2D eigenvalue weighted by Crippen LogP contribution is -2.74. The highest BCUT2D eigenvalue weighted by atomic mass is 28.3. The summed E-state index contributed by atoms with van der Waals surface area (Å²) in [5, 5.41) is 19.7. The van der Waals surface area contributed by atoms with Gasteiger partial charge >= 0.3 is 0 Å². The first-order valence-electron chi connectivity index (χ1n) is 31.3. The zero-order valence-electron chi connectivity index (χ0n) is 50.7. The molecule has 0 N–H and O–H groups in total. The summed E-state index contributed by atoms with van der Waals surface area (Å²) in [5.41, 5.74) is 18.5. The minimum Gasteiger partial charge on any atom is -0.311 e. The summed E-state index contributed by atoms with van der Waals surface area (Å²) in [5.74, 6) is 0. The molecule has 2 heterocycles. The summed E-state index contributed by atoms with van der Waals surface area (Å²) in [4.78, 5) is 8.29. The Labute approximate surface area is 541 Å². The zero-order chi connectivity index (χ0) is 62.2. The molecule has 0 spiro atoms. The molecule has 0 saturated carbocycles. The van der Waals surface area contributed by atoms with Crippen LogP contribution in [-0.4, -0.2) is 17.2 Å². The van der Waals surface area contributed by atoms with Crippen LogP contribution in [0.3, 0.4) is 0 Å². The molecule has 0 fully saturated rings. The maximum Gasteiger partial charge on any atom is 0.187 e. The summed E-state index contributed by atoms with van der Waals surface area (Å²) in [6.45, 7) is 7.72. The standard InChI is InChI=1S/C86H58N6Si/c1-88-66-40-48-72(49-41-66)90(74-51-57-86-82(59-74)80-27-15-17-29-84(80)92(86)68-20-8-3-9-21-68)71-46-34-63(35-47-71)65-38-54-78(55-39-65)93(75-22-10-4-11-23-75,76-24-12-5-13-25-76)77-52-36-64(37-53-77)62-32-44-70(45-33-62)89(69-42-30-61(60-87)31-43-69)73-50-56-85-81(58-73)79-26-14-16-28-83(79)91(85)67-18-6-2-7-19-67/h2-59H. The largest absolute Gasteiger partial charge is 0.311 e. The van der Waals surface area contributed by atoms with Gasteiger partial charge in [0.25, 0.3) is 0 Å². The van der Waals surface area contributed by atoms with E-state index in [1.54, 1.807) is 0 Å². The van der Waals surface area contributed by atoms with Crippen molar-refractivity contribution in [2.75, 3.05) is 9.80 Å². The highest BCUT2D eigenvalue weighted by molar-refractivity contribution is 7.19. The fourth-order valence-corrected chi connectivity index (χ4v) is 18.7. The van der Waals surface area contributed by atoms with Crippen LogP contribution in [0.2, 0.25) is 0 Å². The topological polar surface area (TPSA) is 44.5 Å². The molecule has 2 aromatic heterocycles. The lowest BCUT2D eigenvalue weighted by molar-refractivity contribution is 1.18. The van der Waals surface area contributed by atoms with E-state index in [0.29, 0.717) is 11.3 Å². The molecule has 16 aromatic rings. The van der Waals surface area contributed by atoms with Crippen molar-refractivity contribution in [1.82, 2.24) is 9.13 Å². The van der Waals surface area contributed by atoms with Crippen LogP contribution in [0, 0.1) is 17.9 Å². The van der Waals surface area contributed by atoms with Gasteiger partial charge in [0.15, 0.2) is 13.8 Å². The Morgan fingerprint density at radius 2 is 0.591 bits per heavy atom. The SMILES string of the molecule is [C-]#[N+]c1ccc(N(c2ccc(-c3ccc([Si](c4ccccc4)(c4ccccc4)c4ccc(-c5ccc(N(c6ccc(C#N)cc6)c6ccc7c(c6)c6ccccc6n7-c6ccccc6)cc5)cc4)cc3)cc2)c2ccc3c(c2)c2ccccc2n3-c2ccccc2)cc1. The third-order valence-corrected chi connectivity index (χ3v) is 23.1. The average Bonchev–Trinajstić information content (AvgIpc) is 1.71. The molecule has 0 aliphatic carbocycles. The number of rotatable bonds is 14. The third kappa shape index (κ3) is 9.90. The normalized spacial score (nSPS) is 11.4. The van der Waals surface area contributed by atoms with Gasteiger partial charge < -0.3 is 18.9 Å². The number of hydrogen-bond donors (Lipinski definition) is 0. The van der Waals surface area contributed by atoms with Gasteiger partial charge in [-0.05, 0) is 176 Å². The van der Waals surface area contributed by atoms with Gasteiger partial charge in [-0.1, -0.05) is 218 Å². The Morgan fingerprint density at radius 1 is 0.290 bits per heavy atom. The van der Waals surface area contributed by atoms with Gasteiger partial charge in [0, 0.05) is 67.0 Å². The Bertz CT molecular complexity index is 5120.